The van der Waals surface area contributed by atoms with Crippen LogP contribution >= 0.6 is 23.2 Å². The van der Waals surface area contributed by atoms with Gasteiger partial charge in [0, 0.05) is 41.8 Å². The van der Waals surface area contributed by atoms with Gasteiger partial charge in [0.25, 0.3) is 0 Å². The van der Waals surface area contributed by atoms with Crippen molar-refractivity contribution in [3.8, 4) is 0 Å². The number of hydrogen-bond donors (Lipinski definition) is 0. The second-order valence-corrected chi connectivity index (χ2v) is 7.72. The quantitative estimate of drug-likeness (QED) is 0.515. The van der Waals surface area contributed by atoms with E-state index in [1.807, 2.05) is 19.1 Å². The molecule has 1 aliphatic rings. The first kappa shape index (κ1) is 17.6. The Morgan fingerprint density at radius 2 is 1.96 bits per heavy atom. The van der Waals surface area contributed by atoms with Crippen molar-refractivity contribution >= 4 is 45.9 Å². The van der Waals surface area contributed by atoms with Crippen LogP contribution in [-0.2, 0) is 13.0 Å². The zero-order chi connectivity index (χ0) is 18.4. The lowest BCUT2D eigenvalue weighted by atomic mass is 10.1. The predicted octanol–water partition coefficient (Wildman–Crippen LogP) is 6.09. The molecule has 2 aromatic carbocycles. The van der Waals surface area contributed by atoms with Crippen molar-refractivity contribution in [2.75, 3.05) is 13.6 Å². The maximum Gasteiger partial charge on any atom is 0.124 e. The van der Waals surface area contributed by atoms with Crippen molar-refractivity contribution in [3.63, 3.8) is 0 Å². The Kier molecular flexibility index (Phi) is 4.55. The molecule has 134 valence electrons. The minimum absolute atomic E-state index is 0.326. The molecule has 0 aliphatic carbocycles. The molecule has 0 radical (unpaired) electrons. The number of benzene rings is 2. The number of aromatic nitrogens is 1. The fourth-order valence-corrected chi connectivity index (χ4v) is 4.21. The zero-order valence-corrected chi connectivity index (χ0v) is 16.2. The van der Waals surface area contributed by atoms with Crippen molar-refractivity contribution in [2.45, 2.75) is 19.9 Å². The molecule has 0 bridgehead atoms. The lowest BCUT2D eigenvalue weighted by Gasteiger charge is -2.23. The van der Waals surface area contributed by atoms with Crippen LogP contribution in [0.1, 0.15) is 23.7 Å². The minimum Gasteiger partial charge on any atom is -0.320 e. The number of hydrogen-bond acceptors (Lipinski definition) is 1. The summed E-state index contributed by atoms with van der Waals surface area (Å²) in [6, 6.07) is 10.5. The monoisotopic (exact) mass is 388 g/mol. The molecule has 0 atom stereocenters. The maximum absolute atomic E-state index is 13.4. The molecule has 4 rings (SSSR count). The second-order valence-electron chi connectivity index (χ2n) is 6.88. The SMILES string of the molecule is C/C(=C\n1c2c(c3cc(Cl)ccc31)CN(C)CC2)c1ccc(F)cc1Cl. The molecule has 26 heavy (non-hydrogen) atoms. The Morgan fingerprint density at radius 3 is 2.73 bits per heavy atom. The third-order valence-electron chi connectivity index (χ3n) is 5.02. The number of likely N-dealkylation sites (N-methyl/N-ethyl adjacent to an activating group) is 1. The second kappa shape index (κ2) is 6.73. The maximum atomic E-state index is 13.4. The number of rotatable bonds is 2. The van der Waals surface area contributed by atoms with Crippen molar-refractivity contribution in [2.24, 2.45) is 0 Å². The molecule has 1 aromatic heterocycles. The summed E-state index contributed by atoms with van der Waals surface area (Å²) in [6.45, 7) is 3.92. The highest BCUT2D eigenvalue weighted by Crippen LogP contribution is 2.34. The van der Waals surface area contributed by atoms with E-state index in [4.69, 9.17) is 23.2 Å². The van der Waals surface area contributed by atoms with Gasteiger partial charge in [-0.2, -0.15) is 0 Å². The molecule has 0 N–H and O–H groups in total. The fourth-order valence-electron chi connectivity index (χ4n) is 3.72. The van der Waals surface area contributed by atoms with E-state index in [0.717, 1.165) is 41.2 Å². The van der Waals surface area contributed by atoms with E-state index in [0.29, 0.717) is 5.02 Å². The summed E-state index contributed by atoms with van der Waals surface area (Å²) in [5.41, 5.74) is 5.59. The molecule has 3 aromatic rings. The van der Waals surface area contributed by atoms with Gasteiger partial charge in [0.15, 0.2) is 0 Å². The average molecular weight is 389 g/mol. The van der Waals surface area contributed by atoms with Gasteiger partial charge < -0.3 is 9.47 Å². The standard InChI is InChI=1S/C21H19Cl2FN2/c1-13(16-5-4-15(24)10-19(16)23)11-26-20-6-3-14(22)9-17(20)18-12-25(2)8-7-21(18)26/h3-6,9-11H,7-8,12H2,1-2H3/b13-11+. The summed E-state index contributed by atoms with van der Waals surface area (Å²) >= 11 is 12.5. The number of nitrogens with zero attached hydrogens (tertiary/aromatic N) is 2. The van der Waals surface area contributed by atoms with Crippen LogP contribution in [0.4, 0.5) is 4.39 Å². The van der Waals surface area contributed by atoms with Gasteiger partial charge in [0.1, 0.15) is 5.82 Å². The summed E-state index contributed by atoms with van der Waals surface area (Å²) in [7, 11) is 2.13. The van der Waals surface area contributed by atoms with Gasteiger partial charge in [-0.05, 0) is 61.0 Å². The zero-order valence-electron chi connectivity index (χ0n) is 14.7. The summed E-state index contributed by atoms with van der Waals surface area (Å²) in [6.07, 6.45) is 3.07. The molecule has 5 heteroatoms. The van der Waals surface area contributed by atoms with Crippen LogP contribution in [0.2, 0.25) is 10.0 Å². The van der Waals surface area contributed by atoms with E-state index >= 15 is 0 Å². The van der Waals surface area contributed by atoms with E-state index in [9.17, 15) is 4.39 Å². The van der Waals surface area contributed by atoms with Crippen LogP contribution in [0.5, 0.6) is 0 Å². The third-order valence-corrected chi connectivity index (χ3v) is 5.57. The van der Waals surface area contributed by atoms with Crippen LogP contribution in [0.15, 0.2) is 36.4 Å². The Bertz CT molecular complexity index is 1040. The summed E-state index contributed by atoms with van der Waals surface area (Å²) in [4.78, 5) is 2.32. The van der Waals surface area contributed by atoms with E-state index in [-0.39, 0.29) is 5.82 Å². The van der Waals surface area contributed by atoms with Gasteiger partial charge in [0.2, 0.25) is 0 Å². The van der Waals surface area contributed by atoms with Crippen LogP contribution in [0, 0.1) is 5.82 Å². The van der Waals surface area contributed by atoms with Crippen molar-refractivity contribution in [1.82, 2.24) is 9.47 Å². The van der Waals surface area contributed by atoms with E-state index in [1.165, 1.54) is 28.8 Å². The first-order chi connectivity index (χ1) is 12.4. The first-order valence-electron chi connectivity index (χ1n) is 8.57. The molecule has 2 nitrogen and oxygen atoms in total. The lowest BCUT2D eigenvalue weighted by molar-refractivity contribution is 0.312. The van der Waals surface area contributed by atoms with Crippen LogP contribution in [-0.4, -0.2) is 23.1 Å². The highest BCUT2D eigenvalue weighted by Gasteiger charge is 2.22. The molecule has 0 spiro atoms. The Morgan fingerprint density at radius 1 is 1.15 bits per heavy atom. The summed E-state index contributed by atoms with van der Waals surface area (Å²) in [5, 5.41) is 2.35. The molecule has 2 heterocycles. The van der Waals surface area contributed by atoms with Gasteiger partial charge >= 0.3 is 0 Å². The van der Waals surface area contributed by atoms with E-state index in [2.05, 4.69) is 28.8 Å². The molecular weight excluding hydrogens is 370 g/mol. The van der Waals surface area contributed by atoms with Crippen molar-refractivity contribution < 1.29 is 4.39 Å². The van der Waals surface area contributed by atoms with Crippen molar-refractivity contribution in [3.05, 3.63) is 69.1 Å². The van der Waals surface area contributed by atoms with E-state index in [1.54, 1.807) is 6.07 Å². The number of allylic oxidation sites excluding steroid dienone is 1. The first-order valence-corrected chi connectivity index (χ1v) is 9.33. The lowest BCUT2D eigenvalue weighted by Crippen LogP contribution is -2.26. The van der Waals surface area contributed by atoms with E-state index < -0.39 is 0 Å². The average Bonchev–Trinajstić information content (AvgIpc) is 2.87. The van der Waals surface area contributed by atoms with Gasteiger partial charge in [-0.25, -0.2) is 4.39 Å². The van der Waals surface area contributed by atoms with Gasteiger partial charge in [0.05, 0.1) is 10.5 Å². The molecule has 0 saturated carbocycles. The Labute approximate surface area is 162 Å². The van der Waals surface area contributed by atoms with Gasteiger partial charge in [-0.1, -0.05) is 29.3 Å². The van der Waals surface area contributed by atoms with Crippen LogP contribution in [0.25, 0.3) is 22.7 Å². The Balaban J connectivity index is 1.91. The molecule has 0 fully saturated rings. The number of fused-ring (bicyclic) bond motifs is 3. The smallest absolute Gasteiger partial charge is 0.124 e. The summed E-state index contributed by atoms with van der Waals surface area (Å²) < 4.78 is 15.6. The molecule has 0 saturated heterocycles. The predicted molar refractivity (Wildman–Crippen MR) is 108 cm³/mol. The topological polar surface area (TPSA) is 8.17 Å². The van der Waals surface area contributed by atoms with Crippen molar-refractivity contribution in [1.29, 1.82) is 0 Å². The molecular formula is C21H19Cl2FN2. The highest BCUT2D eigenvalue weighted by molar-refractivity contribution is 6.32. The highest BCUT2D eigenvalue weighted by atomic mass is 35.5. The number of halogens is 3. The molecule has 1 aliphatic heterocycles. The third kappa shape index (κ3) is 3.05. The largest absolute Gasteiger partial charge is 0.320 e. The van der Waals surface area contributed by atoms with Gasteiger partial charge in [-0.3, -0.25) is 0 Å². The fraction of sp³-hybridized carbons (Fsp3) is 0.238. The van der Waals surface area contributed by atoms with Gasteiger partial charge in [-0.15, -0.1) is 0 Å². The minimum atomic E-state index is -0.326. The molecule has 0 amide bonds. The van der Waals surface area contributed by atoms with Crippen LogP contribution < -0.4 is 0 Å². The normalized spacial score (nSPS) is 15.5. The Hall–Kier alpha value is -1.81. The summed E-state index contributed by atoms with van der Waals surface area (Å²) in [5.74, 6) is -0.326. The molecule has 0 unspecified atom stereocenters. The van der Waals surface area contributed by atoms with Crippen LogP contribution in [0.3, 0.4) is 0 Å².